The number of hydrogen-bond donors (Lipinski definition) is 2. The highest BCUT2D eigenvalue weighted by Crippen LogP contribution is 2.24. The Balaban J connectivity index is 1.89. The summed E-state index contributed by atoms with van der Waals surface area (Å²) in [6, 6.07) is 3.80. The molecule has 0 bridgehead atoms. The lowest BCUT2D eigenvalue weighted by Gasteiger charge is -2.22. The summed E-state index contributed by atoms with van der Waals surface area (Å²) in [5.74, 6) is 0. The van der Waals surface area contributed by atoms with E-state index < -0.39 is 10.0 Å². The first-order valence-corrected chi connectivity index (χ1v) is 10.2. The van der Waals surface area contributed by atoms with E-state index in [-0.39, 0.29) is 6.04 Å². The summed E-state index contributed by atoms with van der Waals surface area (Å²) in [6.07, 6.45) is 7.44. The highest BCUT2D eigenvalue weighted by molar-refractivity contribution is 7.91. The van der Waals surface area contributed by atoms with Crippen LogP contribution in [0.3, 0.4) is 0 Å². The van der Waals surface area contributed by atoms with Crippen molar-refractivity contribution in [2.75, 3.05) is 13.1 Å². The molecule has 0 spiro atoms. The average molecular weight is 331 g/mol. The molecule has 2 rings (SSSR count). The van der Waals surface area contributed by atoms with Gasteiger partial charge in [-0.2, -0.15) is 0 Å². The second-order valence-corrected chi connectivity index (χ2v) is 8.79. The highest BCUT2D eigenvalue weighted by atomic mass is 32.2. The van der Waals surface area contributed by atoms with Crippen LogP contribution in [0.15, 0.2) is 16.3 Å². The molecule has 0 aromatic carbocycles. The van der Waals surface area contributed by atoms with Gasteiger partial charge >= 0.3 is 0 Å². The second kappa shape index (κ2) is 8.27. The maximum atomic E-state index is 12.4. The Labute approximate surface area is 132 Å². The Morgan fingerprint density at radius 1 is 1.19 bits per heavy atom. The number of sulfonamides is 1. The van der Waals surface area contributed by atoms with E-state index in [4.69, 9.17) is 0 Å². The first-order valence-electron chi connectivity index (χ1n) is 7.93. The quantitative estimate of drug-likeness (QED) is 0.721. The van der Waals surface area contributed by atoms with E-state index in [0.717, 1.165) is 56.5 Å². The van der Waals surface area contributed by atoms with Crippen molar-refractivity contribution in [3.8, 4) is 0 Å². The van der Waals surface area contributed by atoms with Gasteiger partial charge in [-0.1, -0.05) is 26.2 Å². The predicted octanol–water partition coefficient (Wildman–Crippen LogP) is 2.90. The van der Waals surface area contributed by atoms with E-state index >= 15 is 0 Å². The fraction of sp³-hybridized carbons (Fsp3) is 0.733. The van der Waals surface area contributed by atoms with Crippen molar-refractivity contribution in [3.05, 3.63) is 17.0 Å². The fourth-order valence-corrected chi connectivity index (χ4v) is 5.33. The summed E-state index contributed by atoms with van der Waals surface area (Å²) in [6.45, 7) is 4.06. The third-order valence-electron chi connectivity index (χ3n) is 3.80. The summed E-state index contributed by atoms with van der Waals surface area (Å²) in [4.78, 5) is 1.13. The van der Waals surface area contributed by atoms with Crippen LogP contribution in [0, 0.1) is 0 Å². The largest absolute Gasteiger partial charge is 0.316 e. The van der Waals surface area contributed by atoms with E-state index in [2.05, 4.69) is 17.0 Å². The molecule has 1 fully saturated rings. The van der Waals surface area contributed by atoms with E-state index in [1.165, 1.54) is 17.8 Å². The molecule has 2 N–H and O–H groups in total. The third-order valence-corrected chi connectivity index (χ3v) is 6.96. The summed E-state index contributed by atoms with van der Waals surface area (Å²) in [5, 5.41) is 3.34. The molecule has 1 aliphatic carbocycles. The Morgan fingerprint density at radius 3 is 2.67 bits per heavy atom. The molecule has 0 radical (unpaired) electrons. The van der Waals surface area contributed by atoms with Crippen molar-refractivity contribution in [3.63, 3.8) is 0 Å². The molecular weight excluding hydrogens is 304 g/mol. The number of rotatable bonds is 8. The van der Waals surface area contributed by atoms with Crippen LogP contribution < -0.4 is 10.0 Å². The lowest BCUT2D eigenvalue weighted by molar-refractivity contribution is 0.412. The molecule has 1 saturated carbocycles. The van der Waals surface area contributed by atoms with Gasteiger partial charge in [-0.15, -0.1) is 11.3 Å². The lowest BCUT2D eigenvalue weighted by atomic mass is 9.96. The maximum absolute atomic E-state index is 12.4. The topological polar surface area (TPSA) is 58.2 Å². The van der Waals surface area contributed by atoms with Gasteiger partial charge in [0.25, 0.3) is 0 Å². The van der Waals surface area contributed by atoms with Gasteiger partial charge in [0, 0.05) is 10.9 Å². The minimum absolute atomic E-state index is 0.125. The molecule has 0 aliphatic heterocycles. The minimum Gasteiger partial charge on any atom is -0.316 e. The molecule has 1 aromatic heterocycles. The first kappa shape index (κ1) is 16.9. The Kier molecular flexibility index (Phi) is 6.67. The summed E-state index contributed by atoms with van der Waals surface area (Å²) >= 11 is 1.40. The molecular formula is C15H26N2O2S2. The van der Waals surface area contributed by atoms with Crippen LogP contribution in [0.5, 0.6) is 0 Å². The van der Waals surface area contributed by atoms with Crippen LogP contribution in [0.25, 0.3) is 0 Å². The molecule has 1 aromatic rings. The van der Waals surface area contributed by atoms with Crippen molar-refractivity contribution in [1.29, 1.82) is 0 Å². The molecule has 1 heterocycles. The molecule has 120 valence electrons. The van der Waals surface area contributed by atoms with Gasteiger partial charge in [-0.25, -0.2) is 13.1 Å². The van der Waals surface area contributed by atoms with Crippen LogP contribution in [0.4, 0.5) is 0 Å². The zero-order chi connectivity index (χ0) is 15.1. The van der Waals surface area contributed by atoms with Crippen LogP contribution in [0.2, 0.25) is 0 Å². The van der Waals surface area contributed by atoms with Crippen molar-refractivity contribution in [1.82, 2.24) is 10.0 Å². The molecule has 4 nitrogen and oxygen atoms in total. The number of thiophene rings is 1. The van der Waals surface area contributed by atoms with E-state index in [9.17, 15) is 8.42 Å². The molecule has 6 heteroatoms. The zero-order valence-electron chi connectivity index (χ0n) is 12.7. The Hall–Kier alpha value is -0.430. The van der Waals surface area contributed by atoms with Crippen molar-refractivity contribution < 1.29 is 8.42 Å². The molecule has 0 saturated heterocycles. The van der Waals surface area contributed by atoms with E-state index in [1.54, 1.807) is 6.07 Å². The predicted molar refractivity (Wildman–Crippen MR) is 88.4 cm³/mol. The molecule has 0 unspecified atom stereocenters. The fourth-order valence-electron chi connectivity index (χ4n) is 2.65. The first-order chi connectivity index (χ1) is 10.1. The van der Waals surface area contributed by atoms with Crippen LogP contribution in [-0.2, 0) is 16.4 Å². The average Bonchev–Trinajstić information content (AvgIpc) is 2.94. The van der Waals surface area contributed by atoms with E-state index in [1.807, 2.05) is 6.07 Å². The Morgan fingerprint density at radius 2 is 1.95 bits per heavy atom. The van der Waals surface area contributed by atoms with Crippen molar-refractivity contribution >= 4 is 21.4 Å². The van der Waals surface area contributed by atoms with Gasteiger partial charge < -0.3 is 5.32 Å². The molecule has 21 heavy (non-hydrogen) atoms. The van der Waals surface area contributed by atoms with Crippen molar-refractivity contribution in [2.24, 2.45) is 0 Å². The second-order valence-electron chi connectivity index (χ2n) is 5.68. The van der Waals surface area contributed by atoms with Gasteiger partial charge in [0.15, 0.2) is 0 Å². The zero-order valence-corrected chi connectivity index (χ0v) is 14.4. The monoisotopic (exact) mass is 330 g/mol. The van der Waals surface area contributed by atoms with Crippen LogP contribution >= 0.6 is 11.3 Å². The van der Waals surface area contributed by atoms with Crippen LogP contribution in [0.1, 0.15) is 50.3 Å². The molecule has 1 aliphatic rings. The standard InChI is InChI=1S/C15H26N2O2S2/c1-2-11-16-12-10-14-8-9-15(20-14)21(18,19)17-13-6-4-3-5-7-13/h8-9,13,16-17H,2-7,10-12H2,1H3. The van der Waals surface area contributed by atoms with Gasteiger partial charge in [-0.3, -0.25) is 0 Å². The van der Waals surface area contributed by atoms with Crippen molar-refractivity contribution in [2.45, 2.75) is 62.1 Å². The summed E-state index contributed by atoms with van der Waals surface area (Å²) in [7, 11) is -3.33. The normalized spacial score (nSPS) is 17.2. The molecule has 0 atom stereocenters. The highest BCUT2D eigenvalue weighted by Gasteiger charge is 2.23. The Bertz CT molecular complexity index is 520. The number of hydrogen-bond acceptors (Lipinski definition) is 4. The van der Waals surface area contributed by atoms with Crippen LogP contribution in [-0.4, -0.2) is 27.5 Å². The smallest absolute Gasteiger partial charge is 0.250 e. The number of nitrogens with one attached hydrogen (secondary N) is 2. The minimum atomic E-state index is -3.33. The van der Waals surface area contributed by atoms with Gasteiger partial charge in [0.2, 0.25) is 10.0 Å². The van der Waals surface area contributed by atoms with E-state index in [0.29, 0.717) is 4.21 Å². The summed E-state index contributed by atoms with van der Waals surface area (Å²) < 4.78 is 28.1. The maximum Gasteiger partial charge on any atom is 0.250 e. The van der Waals surface area contributed by atoms with Gasteiger partial charge in [-0.05, 0) is 50.9 Å². The molecule has 0 amide bonds. The SMILES string of the molecule is CCCNCCc1ccc(S(=O)(=O)NC2CCCCC2)s1. The summed E-state index contributed by atoms with van der Waals surface area (Å²) in [5.41, 5.74) is 0. The third kappa shape index (κ3) is 5.36. The lowest BCUT2D eigenvalue weighted by Crippen LogP contribution is -2.35. The van der Waals surface area contributed by atoms with Gasteiger partial charge in [0.1, 0.15) is 4.21 Å². The van der Waals surface area contributed by atoms with Gasteiger partial charge in [0.05, 0.1) is 0 Å².